The number of hydrogen-bond acceptors (Lipinski definition) is 0. The molecule has 0 rings (SSSR count). The Bertz CT molecular complexity index is 97.2. The van der Waals surface area contributed by atoms with Gasteiger partial charge in [-0.15, -0.1) is 11.6 Å². The molecule has 0 fully saturated rings. The molecule has 0 spiro atoms. The third kappa shape index (κ3) is 10.0. The Hall–Kier alpha value is 0.0300. The highest BCUT2D eigenvalue weighted by atomic mass is 35.5. The van der Waals surface area contributed by atoms with Crippen LogP contribution in [0.1, 0.15) is 51.9 Å². The fourth-order valence-corrected chi connectivity index (χ4v) is 1.36. The van der Waals surface area contributed by atoms with Crippen LogP contribution in [-0.2, 0) is 0 Å². The first kappa shape index (κ1) is 12.0. The van der Waals surface area contributed by atoms with Gasteiger partial charge in [-0.25, -0.2) is 0 Å². The molecule has 0 aromatic heterocycles. The molecular formula is C11H21Cl. The maximum absolute atomic E-state index is 5.57. The lowest BCUT2D eigenvalue weighted by atomic mass is 10.1. The number of alkyl halides is 1. The Labute approximate surface area is 82.0 Å². The molecule has 0 heterocycles. The van der Waals surface area contributed by atoms with Crippen molar-refractivity contribution in [1.29, 1.82) is 0 Å². The van der Waals surface area contributed by atoms with Crippen LogP contribution in [0.4, 0.5) is 0 Å². The van der Waals surface area contributed by atoms with E-state index < -0.39 is 0 Å². The summed E-state index contributed by atoms with van der Waals surface area (Å²) in [6.07, 6.45) is 13.5. The number of hydrogen-bond donors (Lipinski definition) is 0. The number of allylic oxidation sites excluding steroid dienone is 2. The topological polar surface area (TPSA) is 0 Å². The first-order valence-electron chi connectivity index (χ1n) is 5.12. The number of rotatable bonds is 8. The number of unbranched alkanes of at least 4 members (excludes halogenated alkanes) is 5. The summed E-state index contributed by atoms with van der Waals surface area (Å²) in [5.74, 6) is 0.829. The summed E-state index contributed by atoms with van der Waals surface area (Å²) >= 11 is 5.57. The Kier molecular flexibility index (Phi) is 11.1. The summed E-state index contributed by atoms with van der Waals surface area (Å²) in [6, 6.07) is 0. The maximum Gasteiger partial charge on any atom is 0.0223 e. The molecule has 0 aliphatic carbocycles. The molecular weight excluding hydrogens is 168 g/mol. The number of halogens is 1. The molecule has 0 radical (unpaired) electrons. The molecule has 0 aliphatic rings. The second kappa shape index (κ2) is 11.0. The molecule has 0 bridgehead atoms. The van der Waals surface area contributed by atoms with Gasteiger partial charge in [0.05, 0.1) is 0 Å². The van der Waals surface area contributed by atoms with Crippen LogP contribution in [0.15, 0.2) is 12.2 Å². The fraction of sp³-hybridized carbons (Fsp3) is 0.818. The minimum Gasteiger partial charge on any atom is -0.127 e. The molecule has 0 unspecified atom stereocenters. The molecule has 0 aromatic carbocycles. The van der Waals surface area contributed by atoms with E-state index in [4.69, 9.17) is 11.6 Å². The van der Waals surface area contributed by atoms with Crippen molar-refractivity contribution in [3.63, 3.8) is 0 Å². The van der Waals surface area contributed by atoms with E-state index in [9.17, 15) is 0 Å². The highest BCUT2D eigenvalue weighted by molar-refractivity contribution is 6.17. The van der Waals surface area contributed by atoms with Crippen molar-refractivity contribution in [3.05, 3.63) is 12.2 Å². The van der Waals surface area contributed by atoms with E-state index in [1.807, 2.05) is 0 Å². The molecule has 0 saturated heterocycles. The first-order chi connectivity index (χ1) is 5.91. The van der Waals surface area contributed by atoms with Gasteiger partial charge in [-0.2, -0.15) is 0 Å². The minimum atomic E-state index is 0.829. The van der Waals surface area contributed by atoms with Crippen LogP contribution in [0.3, 0.4) is 0 Å². The molecule has 0 nitrogen and oxygen atoms in total. The summed E-state index contributed by atoms with van der Waals surface area (Å²) in [5.41, 5.74) is 0. The van der Waals surface area contributed by atoms with E-state index in [1.165, 1.54) is 44.9 Å². The molecule has 0 aliphatic heterocycles. The molecule has 0 N–H and O–H groups in total. The average molecular weight is 189 g/mol. The molecule has 0 aromatic rings. The van der Waals surface area contributed by atoms with Gasteiger partial charge in [-0.1, -0.05) is 38.3 Å². The van der Waals surface area contributed by atoms with Gasteiger partial charge in [0.2, 0.25) is 0 Å². The minimum absolute atomic E-state index is 0.829. The monoisotopic (exact) mass is 188 g/mol. The predicted octanol–water partition coefficient (Wildman–Crippen LogP) is 4.53. The Morgan fingerprint density at radius 1 is 0.917 bits per heavy atom. The lowest BCUT2D eigenvalue weighted by Crippen LogP contribution is -1.79. The summed E-state index contributed by atoms with van der Waals surface area (Å²) in [6.45, 7) is 2.18. The van der Waals surface area contributed by atoms with Crippen LogP contribution in [0.2, 0.25) is 0 Å². The van der Waals surface area contributed by atoms with Gasteiger partial charge in [0, 0.05) is 5.88 Å². The summed E-state index contributed by atoms with van der Waals surface area (Å²) < 4.78 is 0. The van der Waals surface area contributed by atoms with E-state index in [0.29, 0.717) is 0 Å². The van der Waals surface area contributed by atoms with Gasteiger partial charge in [0.25, 0.3) is 0 Å². The van der Waals surface area contributed by atoms with E-state index in [-0.39, 0.29) is 0 Å². The fourth-order valence-electron chi connectivity index (χ4n) is 1.17. The van der Waals surface area contributed by atoms with Gasteiger partial charge in [-0.3, -0.25) is 0 Å². The van der Waals surface area contributed by atoms with Gasteiger partial charge in [0.1, 0.15) is 0 Å². The first-order valence-corrected chi connectivity index (χ1v) is 5.66. The van der Waals surface area contributed by atoms with Crippen LogP contribution < -0.4 is 0 Å². The Morgan fingerprint density at radius 3 is 2.25 bits per heavy atom. The van der Waals surface area contributed by atoms with Crippen molar-refractivity contribution in [2.45, 2.75) is 51.9 Å². The molecule has 0 atom stereocenters. The van der Waals surface area contributed by atoms with Crippen molar-refractivity contribution in [3.8, 4) is 0 Å². The molecule has 12 heavy (non-hydrogen) atoms. The molecule has 0 amide bonds. The zero-order chi connectivity index (χ0) is 9.07. The second-order valence-electron chi connectivity index (χ2n) is 3.13. The normalized spacial score (nSPS) is 11.2. The standard InChI is InChI=1S/C11H21Cl/c1-2-3-4-5-6-7-8-9-10-11-12/h3-4H,2,5-11H2,1H3. The molecule has 0 saturated carbocycles. The van der Waals surface area contributed by atoms with Gasteiger partial charge in [0.15, 0.2) is 0 Å². The quantitative estimate of drug-likeness (QED) is 0.298. The smallest absolute Gasteiger partial charge is 0.0223 e. The van der Waals surface area contributed by atoms with Crippen LogP contribution in [0.5, 0.6) is 0 Å². The van der Waals surface area contributed by atoms with E-state index in [1.54, 1.807) is 0 Å². The predicted molar refractivity (Wildman–Crippen MR) is 57.9 cm³/mol. The summed E-state index contributed by atoms with van der Waals surface area (Å²) in [4.78, 5) is 0. The van der Waals surface area contributed by atoms with Gasteiger partial charge >= 0.3 is 0 Å². The third-order valence-corrected chi connectivity index (χ3v) is 2.17. The molecule has 1 heteroatoms. The van der Waals surface area contributed by atoms with Crippen molar-refractivity contribution in [2.75, 3.05) is 5.88 Å². The van der Waals surface area contributed by atoms with Crippen molar-refractivity contribution >= 4 is 11.6 Å². The lowest BCUT2D eigenvalue weighted by molar-refractivity contribution is 0.639. The Morgan fingerprint density at radius 2 is 1.58 bits per heavy atom. The van der Waals surface area contributed by atoms with Crippen LogP contribution in [0, 0.1) is 0 Å². The van der Waals surface area contributed by atoms with E-state index >= 15 is 0 Å². The SMILES string of the molecule is CCC=CCCCCCCCCl. The van der Waals surface area contributed by atoms with E-state index in [0.717, 1.165) is 5.88 Å². The van der Waals surface area contributed by atoms with Gasteiger partial charge < -0.3 is 0 Å². The lowest BCUT2D eigenvalue weighted by Gasteiger charge is -1.96. The van der Waals surface area contributed by atoms with Crippen molar-refractivity contribution < 1.29 is 0 Å². The zero-order valence-electron chi connectivity index (χ0n) is 8.19. The average Bonchev–Trinajstić information content (AvgIpc) is 2.10. The van der Waals surface area contributed by atoms with Crippen LogP contribution in [-0.4, -0.2) is 5.88 Å². The van der Waals surface area contributed by atoms with Crippen LogP contribution >= 0.6 is 11.6 Å². The van der Waals surface area contributed by atoms with Crippen molar-refractivity contribution in [2.24, 2.45) is 0 Å². The Balaban J connectivity index is 2.86. The zero-order valence-corrected chi connectivity index (χ0v) is 8.95. The summed E-state index contributed by atoms with van der Waals surface area (Å²) in [7, 11) is 0. The highest BCUT2D eigenvalue weighted by Gasteiger charge is 1.87. The highest BCUT2D eigenvalue weighted by Crippen LogP contribution is 2.06. The van der Waals surface area contributed by atoms with Gasteiger partial charge in [-0.05, 0) is 25.7 Å². The third-order valence-electron chi connectivity index (χ3n) is 1.91. The van der Waals surface area contributed by atoms with Crippen molar-refractivity contribution in [1.82, 2.24) is 0 Å². The largest absolute Gasteiger partial charge is 0.127 e. The van der Waals surface area contributed by atoms with E-state index in [2.05, 4.69) is 19.1 Å². The maximum atomic E-state index is 5.57. The second-order valence-corrected chi connectivity index (χ2v) is 3.50. The van der Waals surface area contributed by atoms with Crippen LogP contribution in [0.25, 0.3) is 0 Å². The summed E-state index contributed by atoms with van der Waals surface area (Å²) in [5, 5.41) is 0. The molecule has 72 valence electrons.